The van der Waals surface area contributed by atoms with Crippen molar-refractivity contribution >= 4 is 55.0 Å². The molecule has 0 fully saturated rings. The zero-order valence-electron chi connectivity index (χ0n) is 13.9. The zero-order valence-corrected chi connectivity index (χ0v) is 15.5. The lowest BCUT2D eigenvalue weighted by atomic mass is 9.88. The minimum atomic E-state index is 1.32. The second-order valence-corrected chi connectivity index (χ2v) is 8.50. The summed E-state index contributed by atoms with van der Waals surface area (Å²) in [6.07, 6.45) is 0. The van der Waals surface area contributed by atoms with Gasteiger partial charge in [-0.15, -0.1) is 22.7 Å². The Labute approximate surface area is 159 Å². The summed E-state index contributed by atoms with van der Waals surface area (Å²) in [5.74, 6) is 0. The summed E-state index contributed by atoms with van der Waals surface area (Å²) in [6, 6.07) is 26.9. The summed E-state index contributed by atoms with van der Waals surface area (Å²) >= 11 is 3.62. The van der Waals surface area contributed by atoms with Crippen LogP contribution in [0.1, 0.15) is 0 Å². The molecule has 0 spiro atoms. The van der Waals surface area contributed by atoms with Gasteiger partial charge < -0.3 is 0 Å². The van der Waals surface area contributed by atoms with E-state index in [4.69, 9.17) is 0 Å². The number of hydrogen-bond acceptors (Lipinski definition) is 2. The highest BCUT2D eigenvalue weighted by molar-refractivity contribution is 7.14. The molecule has 2 aromatic heterocycles. The Morgan fingerprint density at radius 2 is 1.19 bits per heavy atom. The van der Waals surface area contributed by atoms with Crippen molar-refractivity contribution in [1.29, 1.82) is 0 Å². The Kier molecular flexibility index (Phi) is 3.01. The molecule has 0 unspecified atom stereocenters. The predicted octanol–water partition coefficient (Wildman–Crippen LogP) is 8.04. The summed E-state index contributed by atoms with van der Waals surface area (Å²) < 4.78 is 0. The summed E-state index contributed by atoms with van der Waals surface area (Å²) in [5.41, 5.74) is 2.68. The minimum Gasteiger partial charge on any atom is -0.144 e. The van der Waals surface area contributed by atoms with Crippen molar-refractivity contribution in [2.45, 2.75) is 0 Å². The van der Waals surface area contributed by atoms with Crippen molar-refractivity contribution < 1.29 is 0 Å². The van der Waals surface area contributed by atoms with E-state index in [1.165, 1.54) is 53.2 Å². The molecule has 6 aromatic rings. The molecular weight excluding hydrogens is 352 g/mol. The van der Waals surface area contributed by atoms with Crippen molar-refractivity contribution in [2.24, 2.45) is 0 Å². The van der Waals surface area contributed by atoms with Gasteiger partial charge in [0.25, 0.3) is 0 Å². The molecular formula is C24H14S2. The van der Waals surface area contributed by atoms with Crippen LogP contribution in [0.4, 0.5) is 0 Å². The van der Waals surface area contributed by atoms with Crippen molar-refractivity contribution in [3.63, 3.8) is 0 Å². The lowest BCUT2D eigenvalue weighted by Gasteiger charge is -2.16. The van der Waals surface area contributed by atoms with Crippen LogP contribution in [0.15, 0.2) is 83.6 Å². The topological polar surface area (TPSA) is 0 Å². The predicted molar refractivity (Wildman–Crippen MR) is 117 cm³/mol. The SMILES string of the molecule is c1csc(-c2ccc3c(-c4cccs4)cc4cccc5ccc2c3c54)c1. The largest absolute Gasteiger partial charge is 0.144 e. The molecule has 0 aliphatic carbocycles. The molecule has 0 radical (unpaired) electrons. The van der Waals surface area contributed by atoms with Crippen LogP contribution >= 0.6 is 22.7 Å². The van der Waals surface area contributed by atoms with Gasteiger partial charge in [-0.2, -0.15) is 0 Å². The third-order valence-electron chi connectivity index (χ3n) is 5.22. The van der Waals surface area contributed by atoms with E-state index in [0.717, 1.165) is 0 Å². The number of hydrogen-bond donors (Lipinski definition) is 0. The van der Waals surface area contributed by atoms with Gasteiger partial charge in [-0.3, -0.25) is 0 Å². The lowest BCUT2D eigenvalue weighted by molar-refractivity contribution is 1.76. The van der Waals surface area contributed by atoms with Gasteiger partial charge in [0.2, 0.25) is 0 Å². The van der Waals surface area contributed by atoms with E-state index in [0.29, 0.717) is 0 Å². The number of thiophene rings is 2. The molecule has 0 nitrogen and oxygen atoms in total. The second-order valence-electron chi connectivity index (χ2n) is 6.61. The summed E-state index contributed by atoms with van der Waals surface area (Å²) in [4.78, 5) is 2.67. The van der Waals surface area contributed by atoms with Gasteiger partial charge in [0.15, 0.2) is 0 Å². The van der Waals surface area contributed by atoms with E-state index < -0.39 is 0 Å². The third-order valence-corrected chi connectivity index (χ3v) is 7.02. The van der Waals surface area contributed by atoms with Crippen LogP contribution < -0.4 is 0 Å². The van der Waals surface area contributed by atoms with Crippen LogP contribution in [0.3, 0.4) is 0 Å². The second kappa shape index (κ2) is 5.41. The normalized spacial score (nSPS) is 11.8. The first-order valence-electron chi connectivity index (χ1n) is 8.68. The molecule has 0 saturated carbocycles. The Morgan fingerprint density at radius 1 is 0.500 bits per heavy atom. The van der Waals surface area contributed by atoms with E-state index >= 15 is 0 Å². The smallest absolute Gasteiger partial charge is 0.0349 e. The molecule has 6 rings (SSSR count). The molecule has 2 heterocycles. The van der Waals surface area contributed by atoms with Crippen LogP contribution in [-0.4, -0.2) is 0 Å². The highest BCUT2D eigenvalue weighted by atomic mass is 32.1. The highest BCUT2D eigenvalue weighted by Gasteiger charge is 2.16. The Morgan fingerprint density at radius 3 is 1.96 bits per heavy atom. The average Bonchev–Trinajstić information content (AvgIpc) is 3.39. The fourth-order valence-electron chi connectivity index (χ4n) is 4.11. The molecule has 0 saturated heterocycles. The van der Waals surface area contributed by atoms with Gasteiger partial charge in [-0.25, -0.2) is 0 Å². The van der Waals surface area contributed by atoms with Crippen LogP contribution in [0.25, 0.3) is 53.2 Å². The molecule has 0 bridgehead atoms. The van der Waals surface area contributed by atoms with E-state index in [2.05, 4.69) is 83.6 Å². The molecule has 0 aliphatic heterocycles. The Bertz CT molecular complexity index is 1350. The quantitative estimate of drug-likeness (QED) is 0.272. The summed E-state index contributed by atoms with van der Waals surface area (Å²) in [7, 11) is 0. The number of rotatable bonds is 2. The first kappa shape index (κ1) is 14.5. The van der Waals surface area contributed by atoms with Gasteiger partial charge in [-0.05, 0) is 66.8 Å². The third kappa shape index (κ3) is 1.94. The minimum absolute atomic E-state index is 1.32. The zero-order chi connectivity index (χ0) is 17.1. The maximum absolute atomic E-state index is 2.36. The molecule has 0 atom stereocenters. The molecule has 0 aliphatic rings. The number of benzene rings is 4. The first-order chi connectivity index (χ1) is 12.9. The molecule has 4 aromatic carbocycles. The van der Waals surface area contributed by atoms with Crippen LogP contribution in [0.5, 0.6) is 0 Å². The lowest BCUT2D eigenvalue weighted by Crippen LogP contribution is -1.88. The van der Waals surface area contributed by atoms with Gasteiger partial charge in [0.1, 0.15) is 0 Å². The van der Waals surface area contributed by atoms with E-state index in [1.807, 2.05) is 22.7 Å². The Balaban J connectivity index is 1.87. The molecule has 0 amide bonds. The molecule has 26 heavy (non-hydrogen) atoms. The van der Waals surface area contributed by atoms with Gasteiger partial charge >= 0.3 is 0 Å². The standard InChI is InChI=1S/C24H14S2/c1-4-15-8-9-18-17(21-6-2-12-25-21)10-11-19-20(22-7-3-13-26-22)14-16(5-1)23(15)24(18)19/h1-14H. The summed E-state index contributed by atoms with van der Waals surface area (Å²) in [5, 5.41) is 12.5. The Hall–Kier alpha value is -2.68. The maximum atomic E-state index is 2.36. The van der Waals surface area contributed by atoms with Gasteiger partial charge in [0, 0.05) is 15.3 Å². The van der Waals surface area contributed by atoms with E-state index in [-0.39, 0.29) is 0 Å². The molecule has 2 heteroatoms. The fourth-order valence-corrected chi connectivity index (χ4v) is 5.63. The molecule has 0 N–H and O–H groups in total. The fraction of sp³-hybridized carbons (Fsp3) is 0. The van der Waals surface area contributed by atoms with Crippen molar-refractivity contribution in [1.82, 2.24) is 0 Å². The van der Waals surface area contributed by atoms with Crippen molar-refractivity contribution in [3.05, 3.63) is 83.6 Å². The van der Waals surface area contributed by atoms with E-state index in [9.17, 15) is 0 Å². The monoisotopic (exact) mass is 366 g/mol. The van der Waals surface area contributed by atoms with Crippen molar-refractivity contribution in [2.75, 3.05) is 0 Å². The maximum Gasteiger partial charge on any atom is 0.0349 e. The van der Waals surface area contributed by atoms with Gasteiger partial charge in [0.05, 0.1) is 0 Å². The van der Waals surface area contributed by atoms with Crippen LogP contribution in [0.2, 0.25) is 0 Å². The average molecular weight is 367 g/mol. The summed E-state index contributed by atoms with van der Waals surface area (Å²) in [6.45, 7) is 0. The molecule has 122 valence electrons. The van der Waals surface area contributed by atoms with Crippen LogP contribution in [-0.2, 0) is 0 Å². The first-order valence-corrected chi connectivity index (χ1v) is 10.4. The van der Waals surface area contributed by atoms with Crippen molar-refractivity contribution in [3.8, 4) is 20.9 Å². The highest BCUT2D eigenvalue weighted by Crippen LogP contribution is 2.44. The van der Waals surface area contributed by atoms with Gasteiger partial charge in [-0.1, -0.05) is 54.6 Å². The van der Waals surface area contributed by atoms with E-state index in [1.54, 1.807) is 0 Å². The van der Waals surface area contributed by atoms with Crippen LogP contribution in [0, 0.1) is 0 Å².